The number of nitrogens with zero attached hydrogens (tertiary/aromatic N) is 9. The minimum Gasteiger partial charge on any atom is -0.850 e. The second kappa shape index (κ2) is 35.3. The van der Waals surface area contributed by atoms with Crippen molar-refractivity contribution >= 4 is 98.6 Å². The van der Waals surface area contributed by atoms with Crippen molar-refractivity contribution in [2.45, 2.75) is 85.2 Å². The van der Waals surface area contributed by atoms with Gasteiger partial charge < -0.3 is 18.8 Å². The van der Waals surface area contributed by atoms with Gasteiger partial charge in [-0.3, -0.25) is 0 Å². The van der Waals surface area contributed by atoms with Crippen molar-refractivity contribution < 1.29 is 34.7 Å². The Labute approximate surface area is 813 Å². The maximum atomic E-state index is 10.1. The van der Waals surface area contributed by atoms with Crippen LogP contribution in [-0.2, 0) is 17.3 Å². The molecule has 3 aliphatic carbocycles. The summed E-state index contributed by atoms with van der Waals surface area (Å²) < 4.78 is 7.30. The van der Waals surface area contributed by atoms with E-state index in [1.165, 1.54) is 116 Å². The predicted molar refractivity (Wildman–Crippen MR) is 556 cm³/mol. The van der Waals surface area contributed by atoms with E-state index in [4.69, 9.17) is 41.5 Å². The molecule has 18 aromatic carbocycles. The topological polar surface area (TPSA) is 115 Å². The van der Waals surface area contributed by atoms with Gasteiger partial charge in [0.1, 0.15) is 0 Å². The molecule has 0 atom stereocenters. The maximum Gasteiger partial charge on any atom is 1.00 e. The van der Waals surface area contributed by atoms with Gasteiger partial charge in [0, 0.05) is 98.0 Å². The molecule has 0 bridgehead atoms. The first-order chi connectivity index (χ1) is 65.4. The number of fused-ring (bicyclic) bond motifs is 20. The van der Waals surface area contributed by atoms with Gasteiger partial charge in [0.15, 0.2) is 34.9 Å². The third kappa shape index (κ3) is 15.5. The van der Waals surface area contributed by atoms with Crippen molar-refractivity contribution in [3.8, 4) is 119 Å². The third-order valence-electron chi connectivity index (χ3n) is 26.6. The van der Waals surface area contributed by atoms with Crippen molar-refractivity contribution in [2.24, 2.45) is 0 Å². The molecule has 26 rings (SSSR count). The SMILES string of the molecule is CC.CC(C)(C)[O-].CC1(C)c2ccccc2-c2cc3c(cc21)c1ccc(-n2c4ccccc4c4ccccc42)cc1n3-c1ccc(-c2nc(-c3ccccc3)nc(-c3ccccc3)n2)c2ccccc12.CC1(C)c2ccccc2-c2cc3c(cc21)c1ccc(Cl)cc1n3-c1ccc(-c2nc(-c3ccccc3)nc(-c3ccccc3)n2)c2ccccc12.[Na+].c1ccc2c(c1)Cc1ccccc1-2. The molecule has 10 nitrogen and oxygen atoms in total. The Morgan fingerprint density at radius 2 is 0.556 bits per heavy atom. The molecule has 0 radical (unpaired) electrons. The van der Waals surface area contributed by atoms with Gasteiger partial charge in [-0.05, 0) is 169 Å². The fourth-order valence-corrected chi connectivity index (χ4v) is 20.7. The Morgan fingerprint density at radius 1 is 0.252 bits per heavy atom. The summed E-state index contributed by atoms with van der Waals surface area (Å²) in [6, 6.07) is 142. The van der Waals surface area contributed by atoms with Crippen LogP contribution >= 0.6 is 11.6 Å². The van der Waals surface area contributed by atoms with Crippen LogP contribution in [0, 0.1) is 0 Å². The van der Waals surface area contributed by atoms with Crippen LogP contribution in [0.2, 0.25) is 5.02 Å². The summed E-state index contributed by atoms with van der Waals surface area (Å²) in [4.78, 5) is 30.4. The van der Waals surface area contributed by atoms with Crippen molar-refractivity contribution in [3.05, 3.63) is 439 Å². The molecule has 0 N–H and O–H groups in total. The molecule has 0 fully saturated rings. The molecule has 5 aromatic heterocycles. The average Bonchev–Trinajstić information content (AvgIpc) is 1.73. The maximum absolute atomic E-state index is 10.1. The van der Waals surface area contributed by atoms with E-state index >= 15 is 0 Å². The smallest absolute Gasteiger partial charge is 0.850 e. The van der Waals surface area contributed by atoms with Gasteiger partial charge in [0.25, 0.3) is 0 Å². The molecule has 0 amide bonds. The Kier molecular flexibility index (Phi) is 22.7. The number of rotatable bonds is 9. The average molecular weight is 1770 g/mol. The second-order valence-corrected chi connectivity index (χ2v) is 37.0. The Balaban J connectivity index is 0.000000135. The number of aromatic nitrogens is 9. The van der Waals surface area contributed by atoms with E-state index in [1.54, 1.807) is 20.8 Å². The van der Waals surface area contributed by atoms with Crippen LogP contribution in [0.15, 0.2) is 400 Å². The van der Waals surface area contributed by atoms with Crippen LogP contribution in [0.5, 0.6) is 0 Å². The number of halogens is 1. The Morgan fingerprint density at radius 3 is 0.956 bits per heavy atom. The standard InChI is InChI=1S/C58H39N5.C46H31ClN4.C13H10.C4H9O.C2H6.Na/c1-58(2)48-26-14-11-22-40(48)46-35-54-47(34-49(46)58)44-30-29-38(62-50-27-15-12-24-42(50)43-25-13-16-28-51(43)62)33-53(44)63(54)52-32-31-45(39-21-9-10-23-41(39)52)57-60-55(36-17-5-3-6-18-36)59-56(61-57)37-19-7-4-8-20-37;1-46(2)38-20-12-11-18-32(38)36-27-42-37(26-39(36)46)34-22-21-30(47)25-41(34)51(42)40-24-23-35(31-17-9-10-19-33(31)40)45-49-43(28-13-5-3-6-14-28)48-44(50-45)29-15-7-4-8-16-29;1-3-7-12-10(5-1)9-11-6-2-4-8-13(11)12;1-4(2,3)5;1-2;/h3-35H,1-2H3;3-27H,1-2H3;1-8H,9H2;1-3H3;1-2H3;/q;;;-1;;+1. The fourth-order valence-electron chi connectivity index (χ4n) is 20.5. The van der Waals surface area contributed by atoms with Crippen molar-refractivity contribution in [1.82, 2.24) is 43.6 Å². The minimum absolute atomic E-state index is 0. The van der Waals surface area contributed by atoms with Crippen LogP contribution in [0.3, 0.4) is 0 Å². The first-order valence-electron chi connectivity index (χ1n) is 46.2. The first-order valence-corrected chi connectivity index (χ1v) is 46.5. The van der Waals surface area contributed by atoms with Gasteiger partial charge in [0.05, 0.1) is 44.5 Å². The summed E-state index contributed by atoms with van der Waals surface area (Å²) in [5, 5.41) is 22.5. The zero-order valence-corrected chi connectivity index (χ0v) is 79.9. The Hall–Kier alpha value is -14.9. The largest absolute Gasteiger partial charge is 1.00 e. The molecule has 0 saturated heterocycles. The summed E-state index contributed by atoms with van der Waals surface area (Å²) in [7, 11) is 0. The van der Waals surface area contributed by atoms with Crippen LogP contribution < -0.4 is 34.7 Å². The van der Waals surface area contributed by atoms with Gasteiger partial charge in [-0.25, -0.2) is 29.9 Å². The van der Waals surface area contributed by atoms with E-state index in [2.05, 4.69) is 339 Å². The van der Waals surface area contributed by atoms with Gasteiger partial charge in [-0.2, -0.15) is 0 Å². The van der Waals surface area contributed by atoms with E-state index in [0.717, 1.165) is 95.0 Å². The van der Waals surface area contributed by atoms with Gasteiger partial charge in [-0.1, -0.05) is 389 Å². The minimum atomic E-state index is -0.750. The normalized spacial score (nSPS) is 12.7. The molecule has 0 unspecified atom stereocenters. The molecule has 0 spiro atoms. The number of hydrogen-bond donors (Lipinski definition) is 0. The van der Waals surface area contributed by atoms with E-state index in [0.29, 0.717) is 40.0 Å². The molecule has 23 aromatic rings. The summed E-state index contributed by atoms with van der Waals surface area (Å²) >= 11 is 6.74. The molecule has 5 heterocycles. The Bertz CT molecular complexity index is 8350. The molecular formula is C123H95ClN9NaO. The van der Waals surface area contributed by atoms with Crippen LogP contribution in [0.25, 0.3) is 206 Å². The molecule has 646 valence electrons. The van der Waals surface area contributed by atoms with Gasteiger partial charge in [-0.15, -0.1) is 5.60 Å². The quantitative estimate of drug-likeness (QED) is 0.132. The fraction of sp³-hybridized carbons (Fsp3) is 0.106. The summed E-state index contributed by atoms with van der Waals surface area (Å²) in [5.41, 5.74) is 31.3. The monoisotopic (exact) mass is 1770 g/mol. The zero-order valence-electron chi connectivity index (χ0n) is 77.1. The molecule has 0 aliphatic heterocycles. The summed E-state index contributed by atoms with van der Waals surface area (Å²) in [5.74, 6) is 3.84. The second-order valence-electron chi connectivity index (χ2n) is 36.6. The predicted octanol–water partition coefficient (Wildman–Crippen LogP) is 28.0. The van der Waals surface area contributed by atoms with Crippen LogP contribution in [0.4, 0.5) is 0 Å². The number of benzene rings is 18. The van der Waals surface area contributed by atoms with Gasteiger partial charge >= 0.3 is 29.6 Å². The van der Waals surface area contributed by atoms with Crippen LogP contribution in [0.1, 0.15) is 95.7 Å². The van der Waals surface area contributed by atoms with E-state index in [-0.39, 0.29) is 40.4 Å². The summed E-state index contributed by atoms with van der Waals surface area (Å²) in [6.45, 7) is 18.3. The van der Waals surface area contributed by atoms with Gasteiger partial charge in [0.2, 0.25) is 0 Å². The molecule has 12 heteroatoms. The van der Waals surface area contributed by atoms with Crippen molar-refractivity contribution in [2.75, 3.05) is 0 Å². The molecule has 3 aliphatic rings. The van der Waals surface area contributed by atoms with Crippen molar-refractivity contribution in [1.29, 1.82) is 0 Å². The number of hydrogen-bond acceptors (Lipinski definition) is 7. The summed E-state index contributed by atoms with van der Waals surface area (Å²) in [6.07, 6.45) is 1.10. The van der Waals surface area contributed by atoms with E-state index in [1.807, 2.05) is 117 Å². The third-order valence-corrected chi connectivity index (χ3v) is 26.8. The van der Waals surface area contributed by atoms with E-state index < -0.39 is 5.60 Å². The molecule has 135 heavy (non-hydrogen) atoms. The number of para-hydroxylation sites is 2. The molecule has 0 saturated carbocycles. The van der Waals surface area contributed by atoms with Crippen molar-refractivity contribution in [3.63, 3.8) is 0 Å². The zero-order chi connectivity index (χ0) is 91.3. The molecular weight excluding hydrogens is 1680 g/mol. The van der Waals surface area contributed by atoms with Crippen LogP contribution in [-0.4, -0.2) is 49.2 Å². The first kappa shape index (κ1) is 86.8. The van der Waals surface area contributed by atoms with E-state index in [9.17, 15) is 5.11 Å².